The molecule has 4 rings (SSSR count). The Morgan fingerprint density at radius 2 is 1.90 bits per heavy atom. The van der Waals surface area contributed by atoms with Crippen molar-refractivity contribution in [3.63, 3.8) is 0 Å². The Hall–Kier alpha value is -3.21. The Bertz CT molecular complexity index is 1180. The second-order valence-corrected chi connectivity index (χ2v) is 7.02. The minimum absolute atomic E-state index is 0.00388. The molecule has 0 bridgehead atoms. The summed E-state index contributed by atoms with van der Waals surface area (Å²) in [4.78, 5) is 20.8. The molecule has 0 aliphatic carbocycles. The number of nitrogens with zero attached hydrogens (tertiary/aromatic N) is 4. The third-order valence-corrected chi connectivity index (χ3v) is 4.99. The van der Waals surface area contributed by atoms with Crippen molar-refractivity contribution in [2.24, 2.45) is 0 Å². The van der Waals surface area contributed by atoms with Crippen molar-refractivity contribution in [1.29, 1.82) is 0 Å². The van der Waals surface area contributed by atoms with Crippen LogP contribution in [0.25, 0.3) is 10.9 Å². The summed E-state index contributed by atoms with van der Waals surface area (Å²) in [5.74, 6) is -1.70. The Morgan fingerprint density at radius 1 is 1.16 bits per heavy atom. The summed E-state index contributed by atoms with van der Waals surface area (Å²) in [6, 6.07) is 3.72. The molecule has 0 atom stereocenters. The molecule has 1 aromatic carbocycles. The lowest BCUT2D eigenvalue weighted by atomic mass is 10.1. The molecule has 1 aliphatic heterocycles. The molecule has 3 heterocycles. The van der Waals surface area contributed by atoms with Gasteiger partial charge in [0.05, 0.1) is 37.3 Å². The number of pyridine rings is 1. The normalized spacial score (nSPS) is 14.5. The zero-order chi connectivity index (χ0) is 22.1. The number of aromatic nitrogens is 3. The number of ether oxygens (including phenoxy) is 1. The molecule has 1 N–H and O–H groups in total. The Balaban J connectivity index is 1.75. The molecule has 2 aromatic heterocycles. The maximum atomic E-state index is 14.9. The van der Waals surface area contributed by atoms with Crippen LogP contribution in [-0.2, 0) is 11.3 Å². The van der Waals surface area contributed by atoms with Crippen LogP contribution in [-0.4, -0.2) is 40.9 Å². The van der Waals surface area contributed by atoms with Crippen molar-refractivity contribution in [2.75, 3.05) is 36.6 Å². The summed E-state index contributed by atoms with van der Waals surface area (Å²) in [6.07, 6.45) is -1.53. The first-order chi connectivity index (χ1) is 14.9. The van der Waals surface area contributed by atoms with Gasteiger partial charge in [0.1, 0.15) is 23.0 Å². The quantitative estimate of drug-likeness (QED) is 0.619. The highest BCUT2D eigenvalue weighted by atomic mass is 19.3. The van der Waals surface area contributed by atoms with Crippen molar-refractivity contribution in [1.82, 2.24) is 14.6 Å². The summed E-state index contributed by atoms with van der Waals surface area (Å²) in [5.41, 5.74) is -1.72. The molecule has 0 unspecified atom stereocenters. The van der Waals surface area contributed by atoms with Crippen LogP contribution in [0.2, 0.25) is 0 Å². The molecular weight excluding hydrogens is 418 g/mol. The maximum Gasteiger partial charge on any atom is 0.307 e. The molecule has 1 aliphatic rings. The molecule has 164 valence electrons. The molecule has 11 heteroatoms. The summed E-state index contributed by atoms with van der Waals surface area (Å²) in [7, 11) is 0. The van der Waals surface area contributed by atoms with E-state index in [-0.39, 0.29) is 34.7 Å². The molecule has 1 fully saturated rings. The summed E-state index contributed by atoms with van der Waals surface area (Å²) >= 11 is 0. The van der Waals surface area contributed by atoms with Crippen LogP contribution in [0.5, 0.6) is 0 Å². The van der Waals surface area contributed by atoms with Crippen LogP contribution in [0.3, 0.4) is 0 Å². The zero-order valence-electron chi connectivity index (χ0n) is 16.5. The van der Waals surface area contributed by atoms with E-state index in [9.17, 15) is 22.4 Å². The van der Waals surface area contributed by atoms with Gasteiger partial charge in [0, 0.05) is 18.3 Å². The van der Waals surface area contributed by atoms with E-state index in [1.54, 1.807) is 5.01 Å². The molecule has 0 spiro atoms. The topological polar surface area (TPSA) is 72.3 Å². The largest absolute Gasteiger partial charge is 0.378 e. The molecule has 1 saturated heterocycles. The summed E-state index contributed by atoms with van der Waals surface area (Å²) in [6.45, 7) is 2.92. The number of hydrogen-bond acceptors (Lipinski definition) is 6. The van der Waals surface area contributed by atoms with E-state index in [0.717, 1.165) is 10.7 Å². The predicted octanol–water partition coefficient (Wildman–Crippen LogP) is 2.90. The number of morpholine rings is 1. The minimum Gasteiger partial charge on any atom is -0.378 e. The van der Waals surface area contributed by atoms with Gasteiger partial charge in [0.2, 0.25) is 5.82 Å². The Morgan fingerprint density at radius 3 is 2.61 bits per heavy atom. The van der Waals surface area contributed by atoms with Gasteiger partial charge in [-0.1, -0.05) is 18.2 Å². The first kappa shape index (κ1) is 21.0. The minimum atomic E-state index is -2.95. The molecule has 0 amide bonds. The van der Waals surface area contributed by atoms with Crippen LogP contribution >= 0.6 is 0 Å². The number of rotatable bonds is 5. The lowest BCUT2D eigenvalue weighted by molar-refractivity contribution is 0.110. The standard InChI is InChI=1S/C20H19F4N5O2/c1-11-26-17-14(10-29(20(30)16(17)22)28-5-7-31-8-6-28)19(27-11)25-9-12-3-2-4-13(15(12)21)18(23)24/h2-4,10,18H,5-9H2,1H3,(H,25,26,27). The number of fused-ring (bicyclic) bond motifs is 1. The van der Waals surface area contributed by atoms with E-state index in [2.05, 4.69) is 15.3 Å². The average molecular weight is 437 g/mol. The van der Waals surface area contributed by atoms with Crippen molar-refractivity contribution in [2.45, 2.75) is 19.9 Å². The van der Waals surface area contributed by atoms with Crippen LogP contribution in [0.15, 0.2) is 29.2 Å². The highest BCUT2D eigenvalue weighted by molar-refractivity contribution is 5.88. The second kappa shape index (κ2) is 8.50. The third-order valence-electron chi connectivity index (χ3n) is 4.99. The zero-order valence-corrected chi connectivity index (χ0v) is 16.5. The Kier molecular flexibility index (Phi) is 5.77. The van der Waals surface area contributed by atoms with Crippen LogP contribution in [0, 0.1) is 18.6 Å². The fraction of sp³-hybridized carbons (Fsp3) is 0.350. The lowest BCUT2D eigenvalue weighted by Gasteiger charge is -2.30. The van der Waals surface area contributed by atoms with Gasteiger partial charge >= 0.3 is 5.56 Å². The van der Waals surface area contributed by atoms with Gasteiger partial charge in [-0.3, -0.25) is 4.79 Å². The van der Waals surface area contributed by atoms with Crippen LogP contribution in [0.1, 0.15) is 23.4 Å². The second-order valence-electron chi connectivity index (χ2n) is 7.02. The van der Waals surface area contributed by atoms with E-state index in [4.69, 9.17) is 4.74 Å². The smallest absolute Gasteiger partial charge is 0.307 e. The number of benzene rings is 1. The van der Waals surface area contributed by atoms with E-state index in [1.165, 1.54) is 25.3 Å². The monoisotopic (exact) mass is 437 g/mol. The lowest BCUT2D eigenvalue weighted by Crippen LogP contribution is -2.49. The first-order valence-corrected chi connectivity index (χ1v) is 9.58. The first-order valence-electron chi connectivity index (χ1n) is 9.58. The Labute approximate surface area is 174 Å². The van der Waals surface area contributed by atoms with Crippen LogP contribution < -0.4 is 15.9 Å². The molecule has 31 heavy (non-hydrogen) atoms. The van der Waals surface area contributed by atoms with Gasteiger partial charge < -0.3 is 15.1 Å². The van der Waals surface area contributed by atoms with E-state index in [1.807, 2.05) is 0 Å². The number of aryl methyl sites for hydroxylation is 1. The highest BCUT2D eigenvalue weighted by Crippen LogP contribution is 2.26. The van der Waals surface area contributed by atoms with Gasteiger partial charge in [-0.05, 0) is 6.92 Å². The number of hydrogen-bond donors (Lipinski definition) is 1. The van der Waals surface area contributed by atoms with E-state index in [0.29, 0.717) is 26.3 Å². The van der Waals surface area contributed by atoms with Crippen molar-refractivity contribution >= 4 is 16.7 Å². The van der Waals surface area contributed by atoms with E-state index >= 15 is 0 Å². The van der Waals surface area contributed by atoms with Gasteiger partial charge in [0.25, 0.3) is 6.43 Å². The predicted molar refractivity (Wildman–Crippen MR) is 106 cm³/mol. The molecule has 7 nitrogen and oxygen atoms in total. The number of anilines is 1. The number of alkyl halides is 2. The average Bonchev–Trinajstić information content (AvgIpc) is 2.76. The highest BCUT2D eigenvalue weighted by Gasteiger charge is 2.21. The van der Waals surface area contributed by atoms with Gasteiger partial charge in [0.15, 0.2) is 0 Å². The van der Waals surface area contributed by atoms with Gasteiger partial charge in [-0.25, -0.2) is 27.8 Å². The van der Waals surface area contributed by atoms with Crippen molar-refractivity contribution < 1.29 is 22.3 Å². The number of halogens is 4. The SMILES string of the molecule is Cc1nc(NCc2cccc(C(F)F)c2F)c2cn(N3CCOCC3)c(=O)c(F)c2n1. The third kappa shape index (κ3) is 4.05. The fourth-order valence-corrected chi connectivity index (χ4v) is 3.45. The van der Waals surface area contributed by atoms with Crippen LogP contribution in [0.4, 0.5) is 23.4 Å². The molecule has 3 aromatic rings. The summed E-state index contributed by atoms with van der Waals surface area (Å²) < 4.78 is 61.6. The molecule has 0 saturated carbocycles. The van der Waals surface area contributed by atoms with Crippen molar-refractivity contribution in [3.05, 3.63) is 63.3 Å². The maximum absolute atomic E-state index is 14.9. The summed E-state index contributed by atoms with van der Waals surface area (Å²) in [5, 5.41) is 4.72. The molecular formula is C20H19F4N5O2. The van der Waals surface area contributed by atoms with E-state index < -0.39 is 29.2 Å². The molecule has 0 radical (unpaired) electrons. The van der Waals surface area contributed by atoms with Crippen molar-refractivity contribution in [3.8, 4) is 0 Å². The van der Waals surface area contributed by atoms with Gasteiger partial charge in [-0.15, -0.1) is 0 Å². The number of nitrogens with one attached hydrogen (secondary N) is 1. The fourth-order valence-electron chi connectivity index (χ4n) is 3.45. The van der Waals surface area contributed by atoms with Gasteiger partial charge in [-0.2, -0.15) is 4.39 Å².